The summed E-state index contributed by atoms with van der Waals surface area (Å²) in [5.74, 6) is 0. The minimum absolute atomic E-state index is 0.388. The number of hydrogen-bond acceptors (Lipinski definition) is 2. The Bertz CT molecular complexity index is 77.0. The summed E-state index contributed by atoms with van der Waals surface area (Å²) in [4.78, 5) is 2.14. The predicted molar refractivity (Wildman–Crippen MR) is 37.3 cm³/mol. The maximum absolute atomic E-state index is 5.47. The van der Waals surface area contributed by atoms with Gasteiger partial charge in [0.15, 0.2) is 0 Å². The van der Waals surface area contributed by atoms with Gasteiger partial charge < -0.3 is 4.74 Å². The molecule has 0 aromatic carbocycles. The standard InChI is InChI=1S/C7H15NO/c1-8(2)7-5-3-4-6-9-7/h7H,3-6H2,1-2H3. The summed E-state index contributed by atoms with van der Waals surface area (Å²) in [5, 5.41) is 0. The molecule has 1 atom stereocenters. The van der Waals surface area contributed by atoms with Gasteiger partial charge in [0.25, 0.3) is 0 Å². The molecule has 2 nitrogen and oxygen atoms in total. The Hall–Kier alpha value is -0.0800. The second kappa shape index (κ2) is 3.18. The van der Waals surface area contributed by atoms with Gasteiger partial charge in [-0.15, -0.1) is 0 Å². The van der Waals surface area contributed by atoms with Crippen molar-refractivity contribution in [2.75, 3.05) is 20.7 Å². The van der Waals surface area contributed by atoms with Crippen molar-refractivity contribution in [2.24, 2.45) is 0 Å². The third-order valence-corrected chi connectivity index (χ3v) is 1.73. The topological polar surface area (TPSA) is 12.5 Å². The van der Waals surface area contributed by atoms with Crippen molar-refractivity contribution in [1.29, 1.82) is 0 Å². The van der Waals surface area contributed by atoms with Crippen molar-refractivity contribution < 1.29 is 4.74 Å². The summed E-state index contributed by atoms with van der Waals surface area (Å²) in [7, 11) is 4.13. The highest BCUT2D eigenvalue weighted by molar-refractivity contribution is 4.59. The zero-order valence-electron chi connectivity index (χ0n) is 6.26. The second-order valence-corrected chi connectivity index (χ2v) is 2.78. The maximum Gasteiger partial charge on any atom is 0.110 e. The average molecular weight is 129 g/mol. The van der Waals surface area contributed by atoms with Crippen LogP contribution in [0.1, 0.15) is 19.3 Å². The molecular formula is C7H15NO. The molecule has 1 heterocycles. The Morgan fingerprint density at radius 3 is 2.44 bits per heavy atom. The molecule has 1 fully saturated rings. The van der Waals surface area contributed by atoms with Crippen LogP contribution in [0.15, 0.2) is 0 Å². The van der Waals surface area contributed by atoms with Gasteiger partial charge in [0.05, 0.1) is 0 Å². The first-order valence-corrected chi connectivity index (χ1v) is 3.59. The normalized spacial score (nSPS) is 29.0. The number of hydrogen-bond donors (Lipinski definition) is 0. The third-order valence-electron chi connectivity index (χ3n) is 1.73. The van der Waals surface area contributed by atoms with Crippen LogP contribution in [0.2, 0.25) is 0 Å². The van der Waals surface area contributed by atoms with E-state index in [-0.39, 0.29) is 0 Å². The summed E-state index contributed by atoms with van der Waals surface area (Å²) in [5.41, 5.74) is 0. The third kappa shape index (κ3) is 1.95. The van der Waals surface area contributed by atoms with Gasteiger partial charge in [-0.2, -0.15) is 0 Å². The van der Waals surface area contributed by atoms with E-state index in [9.17, 15) is 0 Å². The van der Waals surface area contributed by atoms with E-state index in [1.807, 2.05) is 0 Å². The minimum Gasteiger partial charge on any atom is -0.363 e. The fourth-order valence-electron chi connectivity index (χ4n) is 1.13. The highest BCUT2D eigenvalue weighted by Gasteiger charge is 2.14. The van der Waals surface area contributed by atoms with E-state index in [2.05, 4.69) is 19.0 Å². The van der Waals surface area contributed by atoms with E-state index in [4.69, 9.17) is 4.74 Å². The number of nitrogens with zero attached hydrogens (tertiary/aromatic N) is 1. The molecule has 2 heteroatoms. The Balaban J connectivity index is 2.23. The van der Waals surface area contributed by atoms with E-state index in [1.165, 1.54) is 19.3 Å². The van der Waals surface area contributed by atoms with Gasteiger partial charge in [-0.05, 0) is 33.4 Å². The molecule has 0 spiro atoms. The largest absolute Gasteiger partial charge is 0.363 e. The first kappa shape index (κ1) is 7.03. The molecule has 54 valence electrons. The van der Waals surface area contributed by atoms with Crippen LogP contribution in [0.5, 0.6) is 0 Å². The molecule has 1 saturated heterocycles. The summed E-state index contributed by atoms with van der Waals surface area (Å²) < 4.78 is 5.47. The van der Waals surface area contributed by atoms with Gasteiger partial charge >= 0.3 is 0 Å². The highest BCUT2D eigenvalue weighted by atomic mass is 16.5. The highest BCUT2D eigenvalue weighted by Crippen LogP contribution is 2.13. The molecule has 0 aromatic heterocycles. The van der Waals surface area contributed by atoms with Crippen LogP contribution < -0.4 is 0 Å². The van der Waals surface area contributed by atoms with Crippen molar-refractivity contribution in [3.05, 3.63) is 0 Å². The van der Waals surface area contributed by atoms with Gasteiger partial charge in [0.2, 0.25) is 0 Å². The van der Waals surface area contributed by atoms with Gasteiger partial charge in [0.1, 0.15) is 6.23 Å². The molecule has 0 N–H and O–H groups in total. The lowest BCUT2D eigenvalue weighted by molar-refractivity contribution is -0.0645. The van der Waals surface area contributed by atoms with Gasteiger partial charge in [-0.25, -0.2) is 0 Å². The van der Waals surface area contributed by atoms with Crippen LogP contribution in [-0.4, -0.2) is 31.8 Å². The van der Waals surface area contributed by atoms with E-state index >= 15 is 0 Å². The lowest BCUT2D eigenvalue weighted by Crippen LogP contribution is -2.33. The molecule has 0 saturated carbocycles. The minimum atomic E-state index is 0.388. The van der Waals surface area contributed by atoms with E-state index in [1.54, 1.807) is 0 Å². The zero-order chi connectivity index (χ0) is 6.69. The van der Waals surface area contributed by atoms with E-state index in [0.717, 1.165) is 6.61 Å². The molecule has 1 aliphatic heterocycles. The molecular weight excluding hydrogens is 114 g/mol. The van der Waals surface area contributed by atoms with Gasteiger partial charge in [-0.1, -0.05) is 0 Å². The zero-order valence-corrected chi connectivity index (χ0v) is 6.26. The summed E-state index contributed by atoms with van der Waals surface area (Å²) in [6.07, 6.45) is 4.15. The van der Waals surface area contributed by atoms with Crippen molar-refractivity contribution >= 4 is 0 Å². The summed E-state index contributed by atoms with van der Waals surface area (Å²) >= 11 is 0. The van der Waals surface area contributed by atoms with Crippen LogP contribution in [0.25, 0.3) is 0 Å². The lowest BCUT2D eigenvalue weighted by Gasteiger charge is -2.27. The smallest absolute Gasteiger partial charge is 0.110 e. The van der Waals surface area contributed by atoms with Crippen molar-refractivity contribution in [3.63, 3.8) is 0 Å². The Morgan fingerprint density at radius 2 is 2.11 bits per heavy atom. The average Bonchev–Trinajstić information content (AvgIpc) is 1.90. The molecule has 0 aromatic rings. The molecule has 1 aliphatic rings. The molecule has 0 amide bonds. The van der Waals surface area contributed by atoms with Crippen LogP contribution in [0, 0.1) is 0 Å². The molecule has 9 heavy (non-hydrogen) atoms. The Kier molecular flexibility index (Phi) is 2.49. The van der Waals surface area contributed by atoms with Gasteiger partial charge in [-0.3, -0.25) is 4.90 Å². The quantitative estimate of drug-likeness (QED) is 0.525. The monoisotopic (exact) mass is 129 g/mol. The van der Waals surface area contributed by atoms with Crippen molar-refractivity contribution in [2.45, 2.75) is 25.5 Å². The first-order chi connectivity index (χ1) is 4.30. The Morgan fingerprint density at radius 1 is 1.33 bits per heavy atom. The predicted octanol–water partition coefficient (Wildman–Crippen LogP) is 1.07. The SMILES string of the molecule is CN(C)C1CCCCO1. The first-order valence-electron chi connectivity index (χ1n) is 3.59. The molecule has 0 bridgehead atoms. The van der Waals surface area contributed by atoms with E-state index in [0.29, 0.717) is 6.23 Å². The number of rotatable bonds is 1. The van der Waals surface area contributed by atoms with Crippen LogP contribution in [-0.2, 0) is 4.74 Å². The van der Waals surface area contributed by atoms with Crippen molar-refractivity contribution in [1.82, 2.24) is 4.90 Å². The molecule has 1 rings (SSSR count). The van der Waals surface area contributed by atoms with Crippen molar-refractivity contribution in [3.8, 4) is 0 Å². The second-order valence-electron chi connectivity index (χ2n) is 2.78. The lowest BCUT2D eigenvalue weighted by atomic mass is 10.2. The van der Waals surface area contributed by atoms with Crippen LogP contribution in [0.4, 0.5) is 0 Å². The maximum atomic E-state index is 5.47. The Labute approximate surface area is 56.8 Å². The molecule has 0 aliphatic carbocycles. The fraction of sp³-hybridized carbons (Fsp3) is 1.00. The summed E-state index contributed by atoms with van der Waals surface area (Å²) in [6.45, 7) is 0.947. The molecule has 0 radical (unpaired) electrons. The van der Waals surface area contributed by atoms with E-state index < -0.39 is 0 Å². The molecule has 1 unspecified atom stereocenters. The van der Waals surface area contributed by atoms with Crippen LogP contribution >= 0.6 is 0 Å². The van der Waals surface area contributed by atoms with Crippen LogP contribution in [0.3, 0.4) is 0 Å². The van der Waals surface area contributed by atoms with Gasteiger partial charge in [0, 0.05) is 6.61 Å². The summed E-state index contributed by atoms with van der Waals surface area (Å²) in [6, 6.07) is 0. The number of ether oxygens (including phenoxy) is 1. The fourth-order valence-corrected chi connectivity index (χ4v) is 1.13.